The van der Waals surface area contributed by atoms with Gasteiger partial charge >= 0.3 is 0 Å². The molecule has 0 radical (unpaired) electrons. The van der Waals surface area contributed by atoms with E-state index in [0.717, 1.165) is 57.1 Å². The van der Waals surface area contributed by atoms with Crippen molar-refractivity contribution < 1.29 is 0 Å². The highest BCUT2D eigenvalue weighted by atomic mass is 14.6. The van der Waals surface area contributed by atoms with Gasteiger partial charge in [0.2, 0.25) is 0 Å². The van der Waals surface area contributed by atoms with Gasteiger partial charge in [0.15, 0.2) is 0 Å². The van der Waals surface area contributed by atoms with Crippen LogP contribution in [0.3, 0.4) is 0 Å². The molecule has 0 spiro atoms. The molecule has 0 bridgehead atoms. The molecule has 0 atom stereocenters. The summed E-state index contributed by atoms with van der Waals surface area (Å²) in [4.78, 5) is 0. The van der Waals surface area contributed by atoms with Gasteiger partial charge in [-0.2, -0.15) is 0 Å². The molecule has 0 aliphatic carbocycles. The van der Waals surface area contributed by atoms with Crippen molar-refractivity contribution in [3.8, 4) is 0 Å². The Bertz CT molecular complexity index is 1200. The van der Waals surface area contributed by atoms with Crippen LogP contribution in [0.2, 0.25) is 0 Å². The van der Waals surface area contributed by atoms with Gasteiger partial charge in [0.25, 0.3) is 0 Å². The molecule has 4 aromatic carbocycles. The average molecular weight is 429 g/mol. The predicted octanol–water partition coefficient (Wildman–Crippen LogP) is 6.69. The van der Waals surface area contributed by atoms with Gasteiger partial charge in [-0.25, -0.2) is 0 Å². The first-order valence-corrected chi connectivity index (χ1v) is 11.6. The monoisotopic (exact) mass is 428 g/mol. The predicted molar refractivity (Wildman–Crippen MR) is 143 cm³/mol. The number of hydrogen-bond donors (Lipinski definition) is 4. The van der Waals surface area contributed by atoms with Crippen molar-refractivity contribution in [2.45, 2.75) is 52.4 Å². The van der Waals surface area contributed by atoms with E-state index in [9.17, 15) is 0 Å². The summed E-state index contributed by atoms with van der Waals surface area (Å²) in [5.74, 6) is 0. The minimum Gasteiger partial charge on any atom is -0.399 e. The summed E-state index contributed by atoms with van der Waals surface area (Å²) in [6.07, 6.45) is 6.85. The highest BCUT2D eigenvalue weighted by Gasteiger charge is 2.05. The fraction of sp³-hybridized carbons (Fsp3) is 0.286. The third-order valence-corrected chi connectivity index (χ3v) is 5.95. The van der Waals surface area contributed by atoms with Gasteiger partial charge in [0.1, 0.15) is 0 Å². The number of anilines is 4. The van der Waals surface area contributed by atoms with Gasteiger partial charge in [-0.15, -0.1) is 0 Å². The molecule has 0 aliphatic rings. The number of benzene rings is 4. The van der Waals surface area contributed by atoms with Crippen LogP contribution in [-0.2, 0) is 12.8 Å². The minimum atomic E-state index is 0.770. The molecule has 32 heavy (non-hydrogen) atoms. The Hall–Kier alpha value is -3.40. The molecular weight excluding hydrogens is 392 g/mol. The summed E-state index contributed by atoms with van der Waals surface area (Å²) >= 11 is 0. The number of unbranched alkanes of at least 4 members (excludes halogenated alkanes) is 2. The van der Waals surface area contributed by atoms with E-state index in [0.29, 0.717) is 0 Å². The Labute approximate surface area is 191 Å². The van der Waals surface area contributed by atoms with Crippen LogP contribution in [0.25, 0.3) is 21.5 Å². The number of nitrogen functional groups attached to an aromatic ring is 4. The van der Waals surface area contributed by atoms with Crippen LogP contribution in [-0.4, -0.2) is 0 Å². The van der Waals surface area contributed by atoms with Crippen LogP contribution in [0.5, 0.6) is 0 Å². The highest BCUT2D eigenvalue weighted by molar-refractivity contribution is 5.97. The first-order valence-electron chi connectivity index (χ1n) is 11.6. The Morgan fingerprint density at radius 1 is 0.531 bits per heavy atom. The molecule has 0 fully saturated rings. The molecule has 0 amide bonds. The number of aryl methyl sites for hydroxylation is 2. The maximum atomic E-state index is 6.17. The molecule has 0 saturated carbocycles. The van der Waals surface area contributed by atoms with Crippen molar-refractivity contribution in [3.63, 3.8) is 0 Å². The van der Waals surface area contributed by atoms with E-state index in [1.54, 1.807) is 0 Å². The summed E-state index contributed by atoms with van der Waals surface area (Å²) in [5.41, 5.74) is 29.7. The van der Waals surface area contributed by atoms with E-state index in [-0.39, 0.29) is 0 Å². The van der Waals surface area contributed by atoms with Crippen LogP contribution >= 0.6 is 0 Å². The summed E-state index contributed by atoms with van der Waals surface area (Å²) in [6, 6.07) is 20.2. The van der Waals surface area contributed by atoms with Crippen LogP contribution in [0.1, 0.15) is 50.7 Å². The van der Waals surface area contributed by atoms with E-state index < -0.39 is 0 Å². The van der Waals surface area contributed by atoms with Crippen molar-refractivity contribution in [3.05, 3.63) is 71.8 Å². The van der Waals surface area contributed by atoms with Crippen LogP contribution in [0, 0.1) is 0 Å². The normalized spacial score (nSPS) is 10.8. The minimum absolute atomic E-state index is 0.770. The molecule has 4 rings (SSSR count). The third-order valence-electron chi connectivity index (χ3n) is 5.95. The lowest BCUT2D eigenvalue weighted by atomic mass is 10.00. The van der Waals surface area contributed by atoms with Crippen molar-refractivity contribution in [2.75, 3.05) is 22.9 Å². The topological polar surface area (TPSA) is 104 Å². The molecule has 0 aliphatic heterocycles. The molecule has 0 heterocycles. The molecule has 168 valence electrons. The van der Waals surface area contributed by atoms with Gasteiger partial charge in [0.05, 0.1) is 0 Å². The smallest absolute Gasteiger partial charge is 0.0427 e. The lowest BCUT2D eigenvalue weighted by Gasteiger charge is -2.09. The molecule has 8 N–H and O–H groups in total. The van der Waals surface area contributed by atoms with Crippen molar-refractivity contribution in [1.82, 2.24) is 0 Å². The maximum absolute atomic E-state index is 6.17. The van der Waals surface area contributed by atoms with Gasteiger partial charge in [-0.1, -0.05) is 63.1 Å². The van der Waals surface area contributed by atoms with Gasteiger partial charge < -0.3 is 22.9 Å². The highest BCUT2D eigenvalue weighted by Crippen LogP contribution is 2.28. The fourth-order valence-corrected chi connectivity index (χ4v) is 3.99. The van der Waals surface area contributed by atoms with E-state index in [4.69, 9.17) is 22.9 Å². The molecule has 4 heteroatoms. The fourth-order valence-electron chi connectivity index (χ4n) is 3.99. The van der Waals surface area contributed by atoms with Gasteiger partial charge in [-0.3, -0.25) is 0 Å². The van der Waals surface area contributed by atoms with E-state index in [1.807, 2.05) is 36.4 Å². The van der Waals surface area contributed by atoms with Crippen LogP contribution in [0.4, 0.5) is 22.7 Å². The second-order valence-electron chi connectivity index (χ2n) is 8.44. The van der Waals surface area contributed by atoms with Crippen LogP contribution in [0.15, 0.2) is 60.7 Å². The number of hydrogen-bond acceptors (Lipinski definition) is 4. The van der Waals surface area contributed by atoms with Gasteiger partial charge in [0, 0.05) is 33.5 Å². The first kappa shape index (κ1) is 23.3. The molecule has 0 aromatic heterocycles. The quantitative estimate of drug-likeness (QED) is 0.257. The Kier molecular flexibility index (Phi) is 7.82. The standard InChI is InChI=1S/2C14H18N2/c1-2-3-4-11-6-5-10-7-8-12(15)9-13(10)14(11)16;1-2-3-4-10-5-6-11-9-12(15)7-8-13(11)14(10)16/h2*5-9H,2-4,15-16H2,1H3. The Balaban J connectivity index is 0.000000181. The lowest BCUT2D eigenvalue weighted by Crippen LogP contribution is -1.96. The van der Waals surface area contributed by atoms with E-state index in [1.165, 1.54) is 36.8 Å². The first-order chi connectivity index (χ1) is 15.4. The molecular formula is C28H36N4. The van der Waals surface area contributed by atoms with Gasteiger partial charge in [-0.05, 0) is 71.8 Å². The number of nitrogens with two attached hydrogens (primary N) is 4. The zero-order valence-corrected chi connectivity index (χ0v) is 19.3. The summed E-state index contributed by atoms with van der Waals surface area (Å²) < 4.78 is 0. The second kappa shape index (κ2) is 10.8. The van der Waals surface area contributed by atoms with Crippen molar-refractivity contribution in [2.24, 2.45) is 0 Å². The molecule has 0 unspecified atom stereocenters. The Morgan fingerprint density at radius 3 is 1.66 bits per heavy atom. The van der Waals surface area contributed by atoms with E-state index in [2.05, 4.69) is 38.1 Å². The average Bonchev–Trinajstić information content (AvgIpc) is 2.79. The maximum Gasteiger partial charge on any atom is 0.0427 e. The lowest BCUT2D eigenvalue weighted by molar-refractivity contribution is 0.797. The summed E-state index contributed by atoms with van der Waals surface area (Å²) in [6.45, 7) is 4.38. The second-order valence-corrected chi connectivity index (χ2v) is 8.44. The molecule has 0 saturated heterocycles. The summed E-state index contributed by atoms with van der Waals surface area (Å²) in [7, 11) is 0. The van der Waals surface area contributed by atoms with Crippen molar-refractivity contribution >= 4 is 44.3 Å². The van der Waals surface area contributed by atoms with Crippen molar-refractivity contribution in [1.29, 1.82) is 0 Å². The Morgan fingerprint density at radius 2 is 1.03 bits per heavy atom. The van der Waals surface area contributed by atoms with Crippen LogP contribution < -0.4 is 22.9 Å². The molecule has 4 aromatic rings. The molecule has 4 nitrogen and oxygen atoms in total. The number of rotatable bonds is 6. The third kappa shape index (κ3) is 5.44. The SMILES string of the molecule is CCCCc1ccc2cc(N)ccc2c1N.CCCCc1ccc2ccc(N)cc2c1N. The van der Waals surface area contributed by atoms with E-state index >= 15 is 0 Å². The largest absolute Gasteiger partial charge is 0.399 e. The zero-order chi connectivity index (χ0) is 23.1. The summed E-state index contributed by atoms with van der Waals surface area (Å²) in [5, 5.41) is 4.47. The zero-order valence-electron chi connectivity index (χ0n) is 19.3. The number of fused-ring (bicyclic) bond motifs is 2.